The number of benzene rings is 2. The molecule has 4 nitrogen and oxygen atoms in total. The molecule has 102 valence electrons. The van der Waals surface area contributed by atoms with Gasteiger partial charge in [0.15, 0.2) is 0 Å². The summed E-state index contributed by atoms with van der Waals surface area (Å²) in [6, 6.07) is 15.5. The highest BCUT2D eigenvalue weighted by Gasteiger charge is 2.17. The molecule has 0 saturated carbocycles. The number of esters is 1. The van der Waals surface area contributed by atoms with Gasteiger partial charge in [-0.3, -0.25) is 4.79 Å². The molecule has 2 rings (SSSR count). The molecule has 0 atom stereocenters. The van der Waals surface area contributed by atoms with E-state index in [2.05, 4.69) is 0 Å². The van der Waals surface area contributed by atoms with Crippen molar-refractivity contribution in [2.45, 2.75) is 6.61 Å². The zero-order valence-electron chi connectivity index (χ0n) is 11.0. The Labute approximate surface area is 116 Å². The van der Waals surface area contributed by atoms with Gasteiger partial charge in [-0.15, -0.1) is 0 Å². The van der Waals surface area contributed by atoms with Crippen molar-refractivity contribution < 1.29 is 19.1 Å². The molecular weight excluding hydrogens is 256 g/mol. The molecule has 20 heavy (non-hydrogen) atoms. The fourth-order valence-corrected chi connectivity index (χ4v) is 1.65. The van der Waals surface area contributed by atoms with Crippen LogP contribution in [-0.4, -0.2) is 18.9 Å². The summed E-state index contributed by atoms with van der Waals surface area (Å²) >= 11 is 0. The first-order valence-corrected chi connectivity index (χ1v) is 6.10. The molecule has 0 radical (unpaired) electrons. The van der Waals surface area contributed by atoms with Crippen LogP contribution in [0.1, 0.15) is 15.9 Å². The molecular formula is C16H14O4. The van der Waals surface area contributed by atoms with Gasteiger partial charge >= 0.3 is 5.97 Å². The van der Waals surface area contributed by atoms with Crippen LogP contribution >= 0.6 is 0 Å². The highest BCUT2D eigenvalue weighted by molar-refractivity contribution is 6.40. The van der Waals surface area contributed by atoms with Crippen LogP contribution < -0.4 is 4.74 Å². The lowest BCUT2D eigenvalue weighted by Crippen LogP contribution is -2.17. The van der Waals surface area contributed by atoms with Gasteiger partial charge in [0.2, 0.25) is 0 Å². The van der Waals surface area contributed by atoms with Crippen molar-refractivity contribution in [1.29, 1.82) is 0 Å². The molecule has 0 bridgehead atoms. The van der Waals surface area contributed by atoms with Crippen molar-refractivity contribution in [1.82, 2.24) is 0 Å². The number of carbonyl (C=O) groups is 2. The van der Waals surface area contributed by atoms with Crippen molar-refractivity contribution in [3.05, 3.63) is 65.7 Å². The van der Waals surface area contributed by atoms with Crippen molar-refractivity contribution >= 4 is 11.8 Å². The normalized spacial score (nSPS) is 9.85. The zero-order valence-corrected chi connectivity index (χ0v) is 11.0. The van der Waals surface area contributed by atoms with Crippen molar-refractivity contribution in [3.8, 4) is 5.75 Å². The first-order valence-electron chi connectivity index (χ1n) is 6.10. The maximum absolute atomic E-state index is 11.9. The maximum atomic E-state index is 11.9. The minimum absolute atomic E-state index is 0.0849. The topological polar surface area (TPSA) is 52.6 Å². The van der Waals surface area contributed by atoms with Gasteiger partial charge in [-0.05, 0) is 29.8 Å². The van der Waals surface area contributed by atoms with Gasteiger partial charge in [0, 0.05) is 5.56 Å². The number of ether oxygens (including phenoxy) is 2. The number of ketones is 1. The van der Waals surface area contributed by atoms with Gasteiger partial charge < -0.3 is 9.47 Å². The summed E-state index contributed by atoms with van der Waals surface area (Å²) in [5, 5.41) is 0. The SMILES string of the molecule is COc1ccc(C(=O)C(=O)OCc2ccccc2)cc1. The van der Waals surface area contributed by atoms with Crippen LogP contribution in [0.25, 0.3) is 0 Å². The molecule has 0 aliphatic carbocycles. The van der Waals surface area contributed by atoms with E-state index in [1.807, 2.05) is 30.3 Å². The van der Waals surface area contributed by atoms with E-state index >= 15 is 0 Å². The van der Waals surface area contributed by atoms with Gasteiger partial charge in [-0.1, -0.05) is 30.3 Å². The lowest BCUT2D eigenvalue weighted by molar-refractivity contribution is -0.139. The fraction of sp³-hybridized carbons (Fsp3) is 0.125. The summed E-state index contributed by atoms with van der Waals surface area (Å²) < 4.78 is 9.97. The minimum atomic E-state index is -0.862. The molecule has 0 unspecified atom stereocenters. The third-order valence-corrected chi connectivity index (χ3v) is 2.75. The lowest BCUT2D eigenvalue weighted by atomic mass is 10.1. The van der Waals surface area contributed by atoms with Gasteiger partial charge in [0.05, 0.1) is 7.11 Å². The number of methoxy groups -OCH3 is 1. The Hall–Kier alpha value is -2.62. The van der Waals surface area contributed by atoms with Crippen LogP contribution in [0.15, 0.2) is 54.6 Å². The molecule has 0 aliphatic heterocycles. The average molecular weight is 270 g/mol. The number of hydrogen-bond acceptors (Lipinski definition) is 4. The Morgan fingerprint density at radius 3 is 2.20 bits per heavy atom. The summed E-state index contributed by atoms with van der Waals surface area (Å²) in [5.41, 5.74) is 1.12. The van der Waals surface area contributed by atoms with E-state index in [-0.39, 0.29) is 12.2 Å². The predicted octanol–water partition coefficient (Wildman–Crippen LogP) is 2.62. The van der Waals surface area contributed by atoms with Crippen LogP contribution in [-0.2, 0) is 16.1 Å². The van der Waals surface area contributed by atoms with E-state index < -0.39 is 11.8 Å². The summed E-state index contributed by atoms with van der Waals surface area (Å²) in [5.74, 6) is -0.901. The minimum Gasteiger partial charge on any atom is -0.497 e. The number of rotatable bonds is 5. The van der Waals surface area contributed by atoms with Gasteiger partial charge in [-0.2, -0.15) is 0 Å². The molecule has 2 aromatic carbocycles. The smallest absolute Gasteiger partial charge is 0.380 e. The van der Waals surface area contributed by atoms with Crippen LogP contribution in [0.2, 0.25) is 0 Å². The van der Waals surface area contributed by atoms with Crippen molar-refractivity contribution in [2.24, 2.45) is 0 Å². The maximum Gasteiger partial charge on any atom is 0.380 e. The monoisotopic (exact) mass is 270 g/mol. The van der Waals surface area contributed by atoms with Crippen LogP contribution in [0.5, 0.6) is 5.75 Å². The van der Waals surface area contributed by atoms with E-state index in [4.69, 9.17) is 9.47 Å². The highest BCUT2D eigenvalue weighted by atomic mass is 16.5. The molecule has 0 aliphatic rings. The Balaban J connectivity index is 1.96. The Morgan fingerprint density at radius 1 is 0.950 bits per heavy atom. The largest absolute Gasteiger partial charge is 0.497 e. The summed E-state index contributed by atoms with van der Waals surface area (Å²) in [6.45, 7) is 0.0849. The molecule has 0 aromatic heterocycles. The lowest BCUT2D eigenvalue weighted by Gasteiger charge is -2.05. The van der Waals surface area contributed by atoms with E-state index in [1.54, 1.807) is 12.1 Å². The first kappa shape index (κ1) is 13.8. The number of carbonyl (C=O) groups excluding carboxylic acids is 2. The molecule has 4 heteroatoms. The third-order valence-electron chi connectivity index (χ3n) is 2.75. The standard InChI is InChI=1S/C16H14O4/c1-19-14-9-7-13(8-10-14)15(17)16(18)20-11-12-5-3-2-4-6-12/h2-10H,11H2,1H3. The zero-order chi connectivity index (χ0) is 14.4. The molecule has 0 N–H and O–H groups in total. The predicted molar refractivity (Wildman–Crippen MR) is 73.6 cm³/mol. The second-order valence-electron chi connectivity index (χ2n) is 4.12. The van der Waals surface area contributed by atoms with Crippen LogP contribution in [0.3, 0.4) is 0 Å². The fourth-order valence-electron chi connectivity index (χ4n) is 1.65. The Kier molecular flexibility index (Phi) is 4.50. The molecule has 0 spiro atoms. The van der Waals surface area contributed by atoms with E-state index in [0.29, 0.717) is 5.75 Å². The number of hydrogen-bond donors (Lipinski definition) is 0. The molecule has 0 amide bonds. The van der Waals surface area contributed by atoms with E-state index in [0.717, 1.165) is 5.56 Å². The quantitative estimate of drug-likeness (QED) is 0.476. The summed E-state index contributed by atoms with van der Waals surface area (Å²) in [7, 11) is 1.53. The van der Waals surface area contributed by atoms with Crippen molar-refractivity contribution in [2.75, 3.05) is 7.11 Å². The Morgan fingerprint density at radius 2 is 1.60 bits per heavy atom. The molecule has 0 fully saturated rings. The van der Waals surface area contributed by atoms with Crippen molar-refractivity contribution in [3.63, 3.8) is 0 Å². The highest BCUT2D eigenvalue weighted by Crippen LogP contribution is 2.12. The van der Waals surface area contributed by atoms with Gasteiger partial charge in [-0.25, -0.2) is 4.79 Å². The first-order chi connectivity index (χ1) is 9.70. The number of Topliss-reactive ketones (excluding diaryl/α,β-unsaturated/α-hetero) is 1. The second-order valence-corrected chi connectivity index (χ2v) is 4.12. The van der Waals surface area contributed by atoms with Crippen LogP contribution in [0, 0.1) is 0 Å². The third kappa shape index (κ3) is 3.45. The van der Waals surface area contributed by atoms with Gasteiger partial charge in [0.25, 0.3) is 5.78 Å². The molecule has 2 aromatic rings. The molecule has 0 saturated heterocycles. The Bertz CT molecular complexity index is 588. The second kappa shape index (κ2) is 6.52. The summed E-state index contributed by atoms with van der Waals surface area (Å²) in [6.07, 6.45) is 0. The summed E-state index contributed by atoms with van der Waals surface area (Å²) in [4.78, 5) is 23.5. The average Bonchev–Trinajstić information content (AvgIpc) is 2.53. The van der Waals surface area contributed by atoms with Gasteiger partial charge in [0.1, 0.15) is 12.4 Å². The molecule has 0 heterocycles. The van der Waals surface area contributed by atoms with E-state index in [1.165, 1.54) is 19.2 Å². The van der Waals surface area contributed by atoms with E-state index in [9.17, 15) is 9.59 Å². The van der Waals surface area contributed by atoms with Crippen LogP contribution in [0.4, 0.5) is 0 Å².